The van der Waals surface area contributed by atoms with E-state index in [1.807, 2.05) is 19.9 Å². The first-order chi connectivity index (χ1) is 17.2. The molecule has 0 amide bonds. The number of aromatic nitrogens is 3. The predicted octanol–water partition coefficient (Wildman–Crippen LogP) is 5.11. The van der Waals surface area contributed by atoms with Gasteiger partial charge in [-0.05, 0) is 65.3 Å². The van der Waals surface area contributed by atoms with E-state index in [1.165, 1.54) is 6.07 Å². The van der Waals surface area contributed by atoms with E-state index in [2.05, 4.69) is 20.1 Å². The minimum atomic E-state index is -3.99. The number of sulfonamides is 1. The van der Waals surface area contributed by atoms with E-state index in [1.54, 1.807) is 64.0 Å². The van der Waals surface area contributed by atoms with Crippen molar-refractivity contribution in [1.82, 2.24) is 19.5 Å². The second-order valence-electron chi connectivity index (χ2n) is 10.2. The molecule has 1 aromatic carbocycles. The molecule has 9 nitrogen and oxygen atoms in total. The van der Waals surface area contributed by atoms with Crippen molar-refractivity contribution in [3.05, 3.63) is 68.7 Å². The maximum atomic E-state index is 13.4. The number of anilines is 1. The van der Waals surface area contributed by atoms with Crippen LogP contribution in [0.2, 0.25) is 5.15 Å². The first kappa shape index (κ1) is 26.8. The Morgan fingerprint density at radius 2 is 1.86 bits per heavy atom. The zero-order valence-electron chi connectivity index (χ0n) is 21.8. The highest BCUT2D eigenvalue weighted by atomic mass is 35.5. The third kappa shape index (κ3) is 5.56. The molecule has 0 spiro atoms. The Kier molecular flexibility index (Phi) is 6.96. The molecule has 0 saturated heterocycles. The molecule has 4 aromatic rings. The number of nitrogens with one attached hydrogen (secondary N) is 2. The highest BCUT2D eigenvalue weighted by Gasteiger charge is 2.28. The monoisotopic (exact) mass is 543 g/mol. The van der Waals surface area contributed by atoms with Crippen LogP contribution in [0.5, 0.6) is 0 Å². The highest BCUT2D eigenvalue weighted by Crippen LogP contribution is 2.33. The molecule has 0 aliphatic rings. The molecule has 4 rings (SSSR count). The lowest BCUT2D eigenvalue weighted by Crippen LogP contribution is -2.41. The Morgan fingerprint density at radius 1 is 1.16 bits per heavy atom. The molecule has 3 aromatic heterocycles. The molecule has 37 heavy (non-hydrogen) atoms. The fourth-order valence-corrected chi connectivity index (χ4v) is 5.93. The third-order valence-electron chi connectivity index (χ3n) is 5.72. The van der Waals surface area contributed by atoms with E-state index in [0.29, 0.717) is 33.4 Å². The number of halogens is 1. The summed E-state index contributed by atoms with van der Waals surface area (Å²) in [4.78, 5) is 17.5. The minimum Gasteiger partial charge on any atom is -0.455 e. The van der Waals surface area contributed by atoms with Gasteiger partial charge in [-0.15, -0.1) is 0 Å². The first-order valence-electron chi connectivity index (χ1n) is 11.7. The van der Waals surface area contributed by atoms with Gasteiger partial charge in [-0.2, -0.15) is 5.10 Å². The second kappa shape index (κ2) is 9.59. The maximum Gasteiger partial charge on any atom is 0.260 e. The van der Waals surface area contributed by atoms with E-state index in [0.717, 1.165) is 5.56 Å². The average Bonchev–Trinajstić information content (AvgIpc) is 3.21. The molecule has 0 aliphatic carbocycles. The molecule has 0 saturated carbocycles. The molecule has 0 unspecified atom stereocenters. The van der Waals surface area contributed by atoms with E-state index in [4.69, 9.17) is 16.0 Å². The van der Waals surface area contributed by atoms with Gasteiger partial charge in [-0.3, -0.25) is 9.48 Å². The molecule has 1 atom stereocenters. The highest BCUT2D eigenvalue weighted by molar-refractivity contribution is 7.89. The van der Waals surface area contributed by atoms with Gasteiger partial charge in [0, 0.05) is 29.9 Å². The number of aryl methyl sites for hydroxylation is 2. The Hall–Kier alpha value is -3.21. The molecular weight excluding hydrogens is 514 g/mol. The van der Waals surface area contributed by atoms with Crippen molar-refractivity contribution in [3.8, 4) is 11.3 Å². The van der Waals surface area contributed by atoms with Crippen molar-refractivity contribution in [3.63, 3.8) is 0 Å². The van der Waals surface area contributed by atoms with Crippen LogP contribution in [0, 0.1) is 13.8 Å². The third-order valence-corrected chi connectivity index (χ3v) is 7.63. The van der Waals surface area contributed by atoms with E-state index < -0.39 is 21.6 Å². The predicted molar refractivity (Wildman–Crippen MR) is 146 cm³/mol. The number of hydrogen-bond donors (Lipinski definition) is 2. The summed E-state index contributed by atoms with van der Waals surface area (Å²) in [5.41, 5.74) is 2.57. The largest absolute Gasteiger partial charge is 0.455 e. The Balaban J connectivity index is 1.85. The quantitative estimate of drug-likeness (QED) is 0.324. The van der Waals surface area contributed by atoms with Gasteiger partial charge >= 0.3 is 0 Å². The van der Waals surface area contributed by atoms with Crippen molar-refractivity contribution >= 4 is 38.3 Å². The lowest BCUT2D eigenvalue weighted by atomic mass is 9.99. The summed E-state index contributed by atoms with van der Waals surface area (Å²) in [5, 5.41) is 7.73. The van der Waals surface area contributed by atoms with E-state index >= 15 is 0 Å². The molecule has 0 radical (unpaired) electrons. The molecule has 0 aliphatic heterocycles. The minimum absolute atomic E-state index is 0.0519. The van der Waals surface area contributed by atoms with Crippen LogP contribution in [0.1, 0.15) is 50.4 Å². The maximum absolute atomic E-state index is 13.4. The van der Waals surface area contributed by atoms with Crippen LogP contribution in [-0.4, -0.2) is 28.7 Å². The number of pyridine rings is 1. The van der Waals surface area contributed by atoms with Crippen molar-refractivity contribution < 1.29 is 12.8 Å². The van der Waals surface area contributed by atoms with Gasteiger partial charge in [0.1, 0.15) is 16.5 Å². The summed E-state index contributed by atoms with van der Waals surface area (Å²) < 4.78 is 36.9. The lowest BCUT2D eigenvalue weighted by molar-refractivity contribution is 0.490. The van der Waals surface area contributed by atoms with Gasteiger partial charge in [0.25, 0.3) is 10.0 Å². The van der Waals surface area contributed by atoms with Crippen LogP contribution in [0.15, 0.2) is 50.9 Å². The molecule has 196 valence electrons. The zero-order valence-corrected chi connectivity index (χ0v) is 23.4. The van der Waals surface area contributed by atoms with Crippen LogP contribution in [0.4, 0.5) is 5.69 Å². The number of nitrogens with zero attached hydrogens (tertiary/aromatic N) is 3. The molecule has 11 heteroatoms. The molecule has 0 bridgehead atoms. The van der Waals surface area contributed by atoms with Gasteiger partial charge in [0.2, 0.25) is 0 Å². The van der Waals surface area contributed by atoms with Gasteiger partial charge in [-0.1, -0.05) is 17.7 Å². The number of fused-ring (bicyclic) bond motifs is 1. The van der Waals surface area contributed by atoms with Gasteiger partial charge < -0.3 is 9.73 Å². The van der Waals surface area contributed by atoms with Gasteiger partial charge in [0.15, 0.2) is 10.5 Å². The van der Waals surface area contributed by atoms with Gasteiger partial charge in [0.05, 0.1) is 28.9 Å². The van der Waals surface area contributed by atoms with Crippen LogP contribution in [-0.2, 0) is 17.1 Å². The van der Waals surface area contributed by atoms with Crippen molar-refractivity contribution in [2.45, 2.75) is 58.1 Å². The Morgan fingerprint density at radius 3 is 2.49 bits per heavy atom. The molecule has 0 fully saturated rings. The van der Waals surface area contributed by atoms with Crippen LogP contribution < -0.4 is 15.5 Å². The van der Waals surface area contributed by atoms with E-state index in [-0.39, 0.29) is 21.3 Å². The molecule has 3 heterocycles. The van der Waals surface area contributed by atoms with Crippen LogP contribution in [0.3, 0.4) is 0 Å². The van der Waals surface area contributed by atoms with Crippen molar-refractivity contribution in [1.29, 1.82) is 0 Å². The summed E-state index contributed by atoms with van der Waals surface area (Å²) >= 11 is 6.07. The number of benzene rings is 1. The zero-order chi connectivity index (χ0) is 27.3. The van der Waals surface area contributed by atoms with Crippen LogP contribution in [0.25, 0.3) is 22.3 Å². The SMILES string of the molecule is Cc1cc([C@@H](C)Nc2ccc(Cl)nc2S(=O)(=O)NC(C)(C)C)c2oc(-c3cnn(C)c3)c(C)c(=O)c2c1. The van der Waals surface area contributed by atoms with E-state index in [9.17, 15) is 13.2 Å². The second-order valence-corrected chi connectivity index (χ2v) is 12.2. The summed E-state index contributed by atoms with van der Waals surface area (Å²) in [5.74, 6) is 0.439. The average molecular weight is 544 g/mol. The fraction of sp³-hybridized carbons (Fsp3) is 0.346. The molecule has 2 N–H and O–H groups in total. The summed E-state index contributed by atoms with van der Waals surface area (Å²) in [6.45, 7) is 10.7. The molecular formula is C26H30ClN5O4S. The summed E-state index contributed by atoms with van der Waals surface area (Å²) in [6, 6.07) is 6.34. The van der Waals surface area contributed by atoms with Gasteiger partial charge in [-0.25, -0.2) is 18.1 Å². The lowest BCUT2D eigenvalue weighted by Gasteiger charge is -2.23. The first-order valence-corrected chi connectivity index (χ1v) is 13.6. The smallest absolute Gasteiger partial charge is 0.260 e. The topological polar surface area (TPSA) is 119 Å². The van der Waals surface area contributed by atoms with Crippen LogP contribution >= 0.6 is 11.6 Å². The fourth-order valence-electron chi connectivity index (χ4n) is 4.20. The Bertz CT molecular complexity index is 1670. The summed E-state index contributed by atoms with van der Waals surface area (Å²) in [7, 11) is -2.20. The van der Waals surface area contributed by atoms with Crippen molar-refractivity contribution in [2.24, 2.45) is 7.05 Å². The normalized spacial score (nSPS) is 13.2. The Labute approximate surface area is 220 Å². The van der Waals surface area contributed by atoms with Crippen molar-refractivity contribution in [2.75, 3.05) is 5.32 Å². The number of rotatable bonds is 6. The number of hydrogen-bond acceptors (Lipinski definition) is 7. The summed E-state index contributed by atoms with van der Waals surface area (Å²) in [6.07, 6.45) is 3.43. The standard InChI is InChI=1S/C26H30ClN5O4S/c1-14-10-18(24-19(11-14)22(33)15(2)23(36-24)17-12-28-32(7)13-17)16(3)29-20-8-9-21(27)30-25(20)37(34,35)31-26(4,5)6/h8-13,16,29,31H,1-7H3/t16-/m1/s1.